The first-order valence-electron chi connectivity index (χ1n) is 12.7. The number of aliphatic hydroxyl groups is 2. The number of rotatable bonds is 13. The summed E-state index contributed by atoms with van der Waals surface area (Å²) in [6.45, 7) is 0.780. The third kappa shape index (κ3) is 7.07. The first kappa shape index (κ1) is 29.3. The van der Waals surface area contributed by atoms with Gasteiger partial charge in [-0.05, 0) is 56.9 Å². The highest BCUT2D eigenvalue weighted by Gasteiger charge is 2.38. The number of nitrogen functional groups attached to an aromatic ring is 1. The van der Waals surface area contributed by atoms with Gasteiger partial charge in [0.05, 0.1) is 12.3 Å². The van der Waals surface area contributed by atoms with E-state index in [2.05, 4.69) is 15.2 Å². The summed E-state index contributed by atoms with van der Waals surface area (Å²) in [6, 6.07) is 10.0. The summed E-state index contributed by atoms with van der Waals surface area (Å²) in [6.07, 6.45) is 1.00. The molecule has 0 bridgehead atoms. The molecule has 40 heavy (non-hydrogen) atoms. The molecule has 1 aliphatic carbocycles. The molecule has 1 aliphatic rings. The number of ether oxygens (including phenoxy) is 2. The van der Waals surface area contributed by atoms with Crippen LogP contribution in [0.3, 0.4) is 0 Å². The van der Waals surface area contributed by atoms with Crippen molar-refractivity contribution in [1.82, 2.24) is 19.7 Å². The number of carbonyl (C=O) groups is 1. The van der Waals surface area contributed by atoms with E-state index in [-0.39, 0.29) is 23.4 Å². The van der Waals surface area contributed by atoms with Gasteiger partial charge in [-0.3, -0.25) is 9.32 Å². The highest BCUT2D eigenvalue weighted by Crippen LogP contribution is 2.45. The van der Waals surface area contributed by atoms with E-state index in [1.807, 2.05) is 0 Å². The number of esters is 1. The Morgan fingerprint density at radius 1 is 1.25 bits per heavy atom. The minimum absolute atomic E-state index is 0.133. The molecule has 0 aliphatic heterocycles. The summed E-state index contributed by atoms with van der Waals surface area (Å²) in [5.74, 6) is -0.305. The topological polar surface area (TPSA) is 204 Å². The fraction of sp³-hybridized carbons (Fsp3) is 0.440. The zero-order chi connectivity index (χ0) is 28.7. The van der Waals surface area contributed by atoms with E-state index in [1.54, 1.807) is 24.3 Å². The second-order valence-electron chi connectivity index (χ2n) is 9.28. The molecule has 3 aromatic rings. The molecule has 1 aromatic carbocycles. The molecule has 0 spiro atoms. The van der Waals surface area contributed by atoms with Crippen LogP contribution >= 0.6 is 7.75 Å². The molecule has 4 rings (SSSR count). The lowest BCUT2D eigenvalue weighted by atomic mass is 10.1. The van der Waals surface area contributed by atoms with Gasteiger partial charge in [-0.2, -0.15) is 15.4 Å². The highest BCUT2D eigenvalue weighted by atomic mass is 31.2. The van der Waals surface area contributed by atoms with Crippen LogP contribution in [0.4, 0.5) is 5.82 Å². The first-order valence-corrected chi connectivity index (χ1v) is 14.2. The first-order chi connectivity index (χ1) is 19.2. The van der Waals surface area contributed by atoms with E-state index in [9.17, 15) is 24.8 Å². The summed E-state index contributed by atoms with van der Waals surface area (Å²) in [7, 11) is -4.32. The van der Waals surface area contributed by atoms with Gasteiger partial charge in [0.15, 0.2) is 11.9 Å². The molecule has 5 N–H and O–H groups in total. The molecule has 0 saturated heterocycles. The minimum Gasteiger partial charge on any atom is -0.461 e. The molecule has 0 amide bonds. The van der Waals surface area contributed by atoms with Crippen molar-refractivity contribution in [2.24, 2.45) is 0 Å². The maximum atomic E-state index is 13.8. The molecule has 14 nitrogen and oxygen atoms in total. The van der Waals surface area contributed by atoms with Gasteiger partial charge in [0.25, 0.3) is 6.26 Å². The molecule has 1 fully saturated rings. The minimum atomic E-state index is -4.32. The number of nitrogens with two attached hydrogens (primary N) is 1. The normalized spacial score (nSPS) is 18.2. The maximum Gasteiger partial charge on any atom is 0.459 e. The molecule has 1 unspecified atom stereocenters. The summed E-state index contributed by atoms with van der Waals surface area (Å²) < 4.78 is 36.7. The van der Waals surface area contributed by atoms with Crippen molar-refractivity contribution in [2.75, 3.05) is 12.3 Å². The Labute approximate surface area is 230 Å². The zero-order valence-corrected chi connectivity index (χ0v) is 22.6. The second kappa shape index (κ2) is 13.1. The lowest BCUT2D eigenvalue weighted by Crippen LogP contribution is -2.40. The smallest absolute Gasteiger partial charge is 0.459 e. The van der Waals surface area contributed by atoms with Crippen LogP contribution in [-0.4, -0.2) is 61.7 Å². The molecule has 1 saturated carbocycles. The number of fused-ring (bicyclic) bond motifs is 1. The number of aliphatic hydroxyl groups excluding tert-OH is 2. The van der Waals surface area contributed by atoms with Crippen LogP contribution in [0.25, 0.3) is 5.52 Å². The standard InChI is InChI=1S/C25H31N6O8P/c1-16(25(34)38-17-7-5-6-8-17)30-40(35,39-18-9-3-2-4-10-18)37-13-21(36-14-26)23(33)22(32)19-11-12-20-24(27)28-15-29-31(19)20/h2-4,9-12,15-17,21-23,32-33H,5-8,13H2,1H3,(H,30,35)(H2,27,28,29)/t16-,21+,22-,23+,40?/m0/s1. The van der Waals surface area contributed by atoms with E-state index in [0.717, 1.165) is 25.7 Å². The van der Waals surface area contributed by atoms with Crippen molar-refractivity contribution < 1.29 is 38.1 Å². The van der Waals surface area contributed by atoms with Crippen LogP contribution in [0, 0.1) is 11.5 Å². The fourth-order valence-corrected chi connectivity index (χ4v) is 5.79. The number of benzene rings is 1. The molecule has 0 radical (unpaired) electrons. The van der Waals surface area contributed by atoms with E-state index in [4.69, 9.17) is 24.3 Å². The number of hydrogen-bond donors (Lipinski definition) is 4. The van der Waals surface area contributed by atoms with Crippen LogP contribution in [0.2, 0.25) is 0 Å². The third-order valence-electron chi connectivity index (χ3n) is 6.39. The van der Waals surface area contributed by atoms with Gasteiger partial charge >= 0.3 is 13.7 Å². The third-order valence-corrected chi connectivity index (χ3v) is 8.03. The van der Waals surface area contributed by atoms with E-state index in [1.165, 1.54) is 42.2 Å². The Bertz CT molecular complexity index is 1380. The number of aromatic nitrogens is 3. The highest BCUT2D eigenvalue weighted by molar-refractivity contribution is 7.52. The predicted octanol–water partition coefficient (Wildman–Crippen LogP) is 2.24. The van der Waals surface area contributed by atoms with Crippen molar-refractivity contribution in [3.63, 3.8) is 0 Å². The number of carbonyl (C=O) groups excluding carboxylic acids is 1. The van der Waals surface area contributed by atoms with Crippen molar-refractivity contribution >= 4 is 25.1 Å². The molecular formula is C25H31N6O8P. The van der Waals surface area contributed by atoms with Crippen molar-refractivity contribution in [2.45, 2.75) is 63.1 Å². The largest absolute Gasteiger partial charge is 0.461 e. The molecule has 5 atom stereocenters. The Morgan fingerprint density at radius 2 is 1.98 bits per heavy atom. The molecule has 15 heteroatoms. The van der Waals surface area contributed by atoms with E-state index >= 15 is 0 Å². The second-order valence-corrected chi connectivity index (χ2v) is 11.0. The fourth-order valence-electron chi connectivity index (χ4n) is 4.29. The number of hydrogen-bond acceptors (Lipinski definition) is 12. The van der Waals surface area contributed by atoms with Gasteiger partial charge < -0.3 is 29.9 Å². The van der Waals surface area contributed by atoms with Crippen molar-refractivity contribution in [3.8, 4) is 12.0 Å². The van der Waals surface area contributed by atoms with Crippen LogP contribution < -0.4 is 15.3 Å². The molecule has 2 aromatic heterocycles. The number of nitrogens with zero attached hydrogens (tertiary/aromatic N) is 4. The van der Waals surface area contributed by atoms with Crippen LogP contribution in [-0.2, 0) is 23.4 Å². The van der Waals surface area contributed by atoms with Crippen molar-refractivity contribution in [1.29, 1.82) is 5.26 Å². The lowest BCUT2D eigenvalue weighted by Gasteiger charge is -2.27. The summed E-state index contributed by atoms with van der Waals surface area (Å²) in [4.78, 5) is 16.5. The zero-order valence-electron chi connectivity index (χ0n) is 21.7. The SMILES string of the molecule is C[C@H](NP(=O)(OC[C@@H](OC#N)[C@@H](O)[C@@H](O)c1ccc2c(N)ncnn12)Oc1ccccc1)C(=O)OC1CCCC1. The predicted molar refractivity (Wildman–Crippen MR) is 140 cm³/mol. The van der Waals surface area contributed by atoms with Crippen LogP contribution in [0.1, 0.15) is 44.4 Å². The molecule has 2 heterocycles. The monoisotopic (exact) mass is 574 g/mol. The average molecular weight is 575 g/mol. The lowest BCUT2D eigenvalue weighted by molar-refractivity contribution is -0.150. The number of nitriles is 1. The van der Waals surface area contributed by atoms with E-state index < -0.39 is 44.7 Å². The number of nitrogens with one attached hydrogen (secondary N) is 1. The van der Waals surface area contributed by atoms with Gasteiger partial charge in [-0.25, -0.2) is 14.1 Å². The van der Waals surface area contributed by atoms with Gasteiger partial charge in [0.2, 0.25) is 0 Å². The summed E-state index contributed by atoms with van der Waals surface area (Å²) in [5.41, 5.74) is 6.35. The van der Waals surface area contributed by atoms with Gasteiger partial charge in [-0.1, -0.05) is 18.2 Å². The van der Waals surface area contributed by atoms with Crippen molar-refractivity contribution in [3.05, 3.63) is 54.5 Å². The Hall–Kier alpha value is -3.73. The average Bonchev–Trinajstić information content (AvgIpc) is 3.61. The van der Waals surface area contributed by atoms with Gasteiger partial charge in [0, 0.05) is 0 Å². The number of para-hydroxylation sites is 1. The number of anilines is 1. The van der Waals surface area contributed by atoms with Gasteiger partial charge in [0.1, 0.15) is 41.9 Å². The summed E-state index contributed by atoms with van der Waals surface area (Å²) in [5, 5.41) is 37.6. The van der Waals surface area contributed by atoms with Crippen LogP contribution in [0.15, 0.2) is 48.8 Å². The Kier molecular flexibility index (Phi) is 9.57. The maximum absolute atomic E-state index is 13.8. The van der Waals surface area contributed by atoms with Gasteiger partial charge in [-0.15, -0.1) is 0 Å². The Morgan fingerprint density at radius 3 is 2.67 bits per heavy atom. The van der Waals surface area contributed by atoms with Crippen LogP contribution in [0.5, 0.6) is 5.75 Å². The molecule has 214 valence electrons. The summed E-state index contributed by atoms with van der Waals surface area (Å²) >= 11 is 0. The van der Waals surface area contributed by atoms with E-state index in [0.29, 0.717) is 5.52 Å². The molecular weight excluding hydrogens is 543 g/mol. The quantitative estimate of drug-likeness (QED) is 0.132. The Balaban J connectivity index is 1.50.